The van der Waals surface area contributed by atoms with Crippen LogP contribution in [0.4, 0.5) is 23.4 Å². The van der Waals surface area contributed by atoms with Crippen molar-refractivity contribution in [2.75, 3.05) is 25.1 Å². The molecule has 0 saturated carbocycles. The van der Waals surface area contributed by atoms with Crippen LogP contribution in [0.15, 0.2) is 72.9 Å². The van der Waals surface area contributed by atoms with Gasteiger partial charge in [-0.2, -0.15) is 18.4 Å². The third kappa shape index (κ3) is 8.17. The minimum absolute atomic E-state index is 0.0146. The summed E-state index contributed by atoms with van der Waals surface area (Å²) in [5.41, 5.74) is 1.75. The molecule has 3 aromatic carbocycles. The Kier molecular flexibility index (Phi) is 10.8. The topological polar surface area (TPSA) is 131 Å². The Morgan fingerprint density at radius 2 is 1.86 bits per heavy atom. The summed E-state index contributed by atoms with van der Waals surface area (Å²) < 4.78 is 65.5. The standard InChI is InChI=1S/C36H33F4N5O4/c1-49-31-12-11-24(18-30(31)46)28-21-43-35(34(36(38,39)40)33(28)25-9-10-26(19-41)29(37)17-25)45-15-2-3-27(14-16-45)42-20-23-6-4-22(5-7-23)8-13-32(47)44-48/h4-13,17-18,21,27,42,46,48H,2-3,14-16,20H2,1H3,(H,44,47)/b13-8+. The molecule has 4 aromatic rings. The van der Waals surface area contributed by atoms with Crippen LogP contribution in [0.2, 0.25) is 0 Å². The number of carbonyl (C=O) groups is 1. The highest BCUT2D eigenvalue weighted by Crippen LogP contribution is 2.47. The maximum Gasteiger partial charge on any atom is 0.420 e. The number of carbonyl (C=O) groups excluding carboxylic acids is 1. The molecule has 1 saturated heterocycles. The number of alkyl halides is 3. The Morgan fingerprint density at radius 1 is 1.10 bits per heavy atom. The van der Waals surface area contributed by atoms with Gasteiger partial charge in [-0.05, 0) is 71.9 Å². The summed E-state index contributed by atoms with van der Waals surface area (Å²) in [5, 5.41) is 31.8. The van der Waals surface area contributed by atoms with E-state index in [1.165, 1.54) is 49.1 Å². The predicted molar refractivity (Wildman–Crippen MR) is 175 cm³/mol. The van der Waals surface area contributed by atoms with Crippen LogP contribution in [-0.4, -0.2) is 47.4 Å². The Bertz CT molecular complexity index is 1890. The van der Waals surface area contributed by atoms with Gasteiger partial charge in [-0.1, -0.05) is 36.4 Å². The summed E-state index contributed by atoms with van der Waals surface area (Å²) in [4.78, 5) is 17.1. The van der Waals surface area contributed by atoms with Crippen molar-refractivity contribution in [3.05, 3.63) is 101 Å². The van der Waals surface area contributed by atoms with Crippen LogP contribution >= 0.6 is 0 Å². The number of methoxy groups -OCH3 is 1. The van der Waals surface area contributed by atoms with Crippen molar-refractivity contribution in [1.82, 2.24) is 15.8 Å². The first kappa shape index (κ1) is 34.9. The molecule has 0 bridgehead atoms. The highest BCUT2D eigenvalue weighted by Gasteiger charge is 2.41. The third-order valence-corrected chi connectivity index (χ3v) is 8.35. The van der Waals surface area contributed by atoms with Gasteiger partial charge < -0.3 is 20.1 Å². The van der Waals surface area contributed by atoms with Crippen LogP contribution < -0.4 is 20.4 Å². The molecule has 1 amide bonds. The van der Waals surface area contributed by atoms with Crippen molar-refractivity contribution in [2.24, 2.45) is 0 Å². The van der Waals surface area contributed by atoms with Gasteiger partial charge in [0, 0.05) is 49.1 Å². The molecule has 1 aliphatic heterocycles. The van der Waals surface area contributed by atoms with E-state index in [-0.39, 0.29) is 57.7 Å². The average Bonchev–Trinajstić information content (AvgIpc) is 3.34. The molecule has 13 heteroatoms. The van der Waals surface area contributed by atoms with E-state index < -0.39 is 23.5 Å². The largest absolute Gasteiger partial charge is 0.504 e. The van der Waals surface area contributed by atoms with Crippen molar-refractivity contribution < 1.29 is 37.4 Å². The zero-order chi connectivity index (χ0) is 35.1. The Hall–Kier alpha value is -5.45. The number of nitrogens with one attached hydrogen (secondary N) is 2. The molecule has 9 nitrogen and oxygen atoms in total. The monoisotopic (exact) mass is 675 g/mol. The van der Waals surface area contributed by atoms with Gasteiger partial charge in [0.2, 0.25) is 0 Å². The number of aromatic nitrogens is 1. The number of nitriles is 1. The van der Waals surface area contributed by atoms with Crippen LogP contribution in [0.3, 0.4) is 0 Å². The number of ether oxygens (including phenoxy) is 1. The third-order valence-electron chi connectivity index (χ3n) is 8.35. The summed E-state index contributed by atoms with van der Waals surface area (Å²) in [5.74, 6) is -2.05. The van der Waals surface area contributed by atoms with E-state index in [1.54, 1.807) is 17.0 Å². The molecule has 1 unspecified atom stereocenters. The lowest BCUT2D eigenvalue weighted by Gasteiger charge is -2.28. The molecule has 2 heterocycles. The SMILES string of the molecule is COc1ccc(-c2cnc(N3CCCC(NCc4ccc(/C=C/C(=O)NO)cc4)CC3)c(C(F)(F)F)c2-c2ccc(C#N)c(F)c2)cc1O. The average molecular weight is 676 g/mol. The molecule has 49 heavy (non-hydrogen) atoms. The molecule has 0 aliphatic carbocycles. The van der Waals surface area contributed by atoms with Gasteiger partial charge in [0.05, 0.1) is 12.7 Å². The number of amides is 1. The number of aromatic hydroxyl groups is 1. The van der Waals surface area contributed by atoms with Crippen molar-refractivity contribution in [2.45, 2.75) is 38.0 Å². The Labute approximate surface area is 280 Å². The number of pyridine rings is 1. The number of nitrogens with zero attached hydrogens (tertiary/aromatic N) is 3. The normalized spacial score (nSPS) is 15.1. The smallest absolute Gasteiger partial charge is 0.420 e. The minimum Gasteiger partial charge on any atom is -0.504 e. The maximum atomic E-state index is 15.2. The van der Waals surface area contributed by atoms with Gasteiger partial charge in [0.15, 0.2) is 11.5 Å². The van der Waals surface area contributed by atoms with Crippen molar-refractivity contribution in [1.29, 1.82) is 5.26 Å². The van der Waals surface area contributed by atoms with E-state index >= 15 is 13.2 Å². The molecule has 1 atom stereocenters. The van der Waals surface area contributed by atoms with Gasteiger partial charge >= 0.3 is 6.18 Å². The van der Waals surface area contributed by atoms with Crippen LogP contribution in [-0.2, 0) is 17.5 Å². The van der Waals surface area contributed by atoms with Crippen LogP contribution in [0, 0.1) is 17.1 Å². The lowest BCUT2D eigenvalue weighted by molar-refractivity contribution is -0.136. The van der Waals surface area contributed by atoms with Gasteiger partial charge in [-0.3, -0.25) is 10.0 Å². The number of anilines is 1. The number of hydrogen-bond acceptors (Lipinski definition) is 8. The molecule has 0 radical (unpaired) electrons. The van der Waals surface area contributed by atoms with Crippen LogP contribution in [0.5, 0.6) is 11.5 Å². The lowest BCUT2D eigenvalue weighted by Crippen LogP contribution is -2.32. The molecule has 1 aliphatic rings. The van der Waals surface area contributed by atoms with Crippen LogP contribution in [0.25, 0.3) is 28.3 Å². The molecule has 4 N–H and O–H groups in total. The van der Waals surface area contributed by atoms with E-state index in [0.29, 0.717) is 32.4 Å². The van der Waals surface area contributed by atoms with Crippen molar-refractivity contribution in [3.8, 4) is 39.8 Å². The Balaban J connectivity index is 1.45. The minimum atomic E-state index is -4.90. The number of hydrogen-bond donors (Lipinski definition) is 4. The molecule has 0 spiro atoms. The summed E-state index contributed by atoms with van der Waals surface area (Å²) in [6.07, 6.45) is 0.987. The second-order valence-corrected chi connectivity index (χ2v) is 11.5. The van der Waals surface area contributed by atoms with Gasteiger partial charge in [0.1, 0.15) is 23.3 Å². The molecule has 1 fully saturated rings. The number of phenolic OH excluding ortho intramolecular Hbond substituents is 1. The molecule has 1 aromatic heterocycles. The van der Waals surface area contributed by atoms with Crippen LogP contribution in [0.1, 0.15) is 41.5 Å². The zero-order valence-corrected chi connectivity index (χ0v) is 26.4. The first-order valence-electron chi connectivity index (χ1n) is 15.4. The highest BCUT2D eigenvalue weighted by molar-refractivity contribution is 5.91. The number of halogens is 4. The summed E-state index contributed by atoms with van der Waals surface area (Å²) in [6.45, 7) is 1.10. The second kappa shape index (κ2) is 15.2. The second-order valence-electron chi connectivity index (χ2n) is 11.5. The number of benzene rings is 3. The van der Waals surface area contributed by atoms with E-state index in [0.717, 1.165) is 23.3 Å². The van der Waals surface area contributed by atoms with E-state index in [1.807, 2.05) is 24.3 Å². The van der Waals surface area contributed by atoms with E-state index in [2.05, 4.69) is 10.3 Å². The van der Waals surface area contributed by atoms with Gasteiger partial charge in [-0.15, -0.1) is 0 Å². The fraction of sp³-hybridized carbons (Fsp3) is 0.250. The molecule has 254 valence electrons. The summed E-state index contributed by atoms with van der Waals surface area (Å²) in [6, 6.07) is 16.7. The highest BCUT2D eigenvalue weighted by atomic mass is 19.4. The molecular weight excluding hydrogens is 642 g/mol. The van der Waals surface area contributed by atoms with E-state index in [9.17, 15) is 19.6 Å². The van der Waals surface area contributed by atoms with Crippen molar-refractivity contribution in [3.63, 3.8) is 0 Å². The van der Waals surface area contributed by atoms with Gasteiger partial charge in [0.25, 0.3) is 5.91 Å². The van der Waals surface area contributed by atoms with E-state index in [4.69, 9.17) is 9.94 Å². The maximum absolute atomic E-state index is 15.2. The zero-order valence-electron chi connectivity index (χ0n) is 26.4. The lowest BCUT2D eigenvalue weighted by atomic mass is 9.90. The number of rotatable bonds is 9. The fourth-order valence-electron chi connectivity index (χ4n) is 5.88. The van der Waals surface area contributed by atoms with Crippen molar-refractivity contribution >= 4 is 17.8 Å². The first-order chi connectivity index (χ1) is 23.5. The summed E-state index contributed by atoms with van der Waals surface area (Å²) >= 11 is 0. The van der Waals surface area contributed by atoms with Gasteiger partial charge in [-0.25, -0.2) is 14.9 Å². The fourth-order valence-corrected chi connectivity index (χ4v) is 5.88. The molecule has 5 rings (SSSR count). The first-order valence-corrected chi connectivity index (χ1v) is 15.4. The predicted octanol–water partition coefficient (Wildman–Crippen LogP) is 6.83. The number of hydroxylamine groups is 1. The summed E-state index contributed by atoms with van der Waals surface area (Å²) in [7, 11) is 1.35. The number of phenols is 1. The Morgan fingerprint density at radius 3 is 2.51 bits per heavy atom. The quantitative estimate of drug-likeness (QED) is 0.0658. The molecular formula is C36H33F4N5O4.